The Balaban J connectivity index is 0. The quantitative estimate of drug-likeness (QED) is 0.300. The molecular formula is C8H18CuI2S. The summed E-state index contributed by atoms with van der Waals surface area (Å²) in [6.45, 7) is 4.50. The van der Waals surface area contributed by atoms with Crippen molar-refractivity contribution in [3.8, 4) is 0 Å². The SMILES string of the molecule is CCCCSCCCC.[I][Cu][I]. The molecule has 0 bridgehead atoms. The summed E-state index contributed by atoms with van der Waals surface area (Å²) < 4.78 is 0. The first-order valence-electron chi connectivity index (χ1n) is 4.22. The van der Waals surface area contributed by atoms with Gasteiger partial charge in [-0.05, 0) is 24.3 Å². The molecule has 0 radical (unpaired) electrons. The fourth-order valence-corrected chi connectivity index (χ4v) is 1.78. The van der Waals surface area contributed by atoms with Crippen LogP contribution in [0.5, 0.6) is 0 Å². The number of thioether (sulfide) groups is 1. The van der Waals surface area contributed by atoms with Crippen LogP contribution in [0.4, 0.5) is 0 Å². The second-order valence-corrected chi connectivity index (χ2v) is 11.5. The van der Waals surface area contributed by atoms with Gasteiger partial charge in [0.2, 0.25) is 0 Å². The molecule has 0 aliphatic rings. The zero-order chi connectivity index (χ0) is 9.66. The minimum atomic E-state index is 1.35. The summed E-state index contributed by atoms with van der Waals surface area (Å²) in [6.07, 6.45) is 5.49. The average Bonchev–Trinajstić information content (AvgIpc) is 2.06. The normalized spacial score (nSPS) is 9.33. The van der Waals surface area contributed by atoms with Crippen LogP contribution >= 0.6 is 52.5 Å². The zero-order valence-electron chi connectivity index (χ0n) is 7.71. The number of hydrogen-bond acceptors (Lipinski definition) is 1. The molecule has 4 heteroatoms. The molecule has 0 amide bonds. The third kappa shape index (κ3) is 22.8. The number of halogens is 2. The van der Waals surface area contributed by atoms with E-state index in [1.165, 1.54) is 37.2 Å². The van der Waals surface area contributed by atoms with Gasteiger partial charge in [-0.1, -0.05) is 26.7 Å². The summed E-state index contributed by atoms with van der Waals surface area (Å²) in [5.74, 6) is 2.74. The van der Waals surface area contributed by atoms with E-state index in [2.05, 4.69) is 66.3 Å². The molecule has 0 aliphatic heterocycles. The Bertz CT molecular complexity index is 59.0. The second-order valence-electron chi connectivity index (χ2n) is 2.36. The molecule has 0 aromatic rings. The van der Waals surface area contributed by atoms with E-state index < -0.39 is 0 Å². The predicted octanol–water partition coefficient (Wildman–Crippen LogP) is 5.09. The Morgan fingerprint density at radius 1 is 1.00 bits per heavy atom. The van der Waals surface area contributed by atoms with Crippen molar-refractivity contribution in [3.05, 3.63) is 0 Å². The van der Waals surface area contributed by atoms with Gasteiger partial charge in [-0.2, -0.15) is 11.8 Å². The van der Waals surface area contributed by atoms with Gasteiger partial charge in [0.25, 0.3) is 0 Å². The summed E-state index contributed by atoms with van der Waals surface area (Å²) in [5.41, 5.74) is 0. The molecule has 0 atom stereocenters. The molecule has 0 spiro atoms. The van der Waals surface area contributed by atoms with Crippen molar-refractivity contribution >= 4 is 52.5 Å². The molecule has 0 nitrogen and oxygen atoms in total. The van der Waals surface area contributed by atoms with E-state index in [4.69, 9.17) is 0 Å². The zero-order valence-corrected chi connectivity index (χ0v) is 13.8. The van der Waals surface area contributed by atoms with Crippen molar-refractivity contribution in [2.75, 3.05) is 11.5 Å². The topological polar surface area (TPSA) is 0 Å². The molecule has 0 heterocycles. The fraction of sp³-hybridized carbons (Fsp3) is 1.00. The van der Waals surface area contributed by atoms with E-state index >= 15 is 0 Å². The van der Waals surface area contributed by atoms with Gasteiger partial charge in [0.1, 0.15) is 0 Å². The van der Waals surface area contributed by atoms with Crippen molar-refractivity contribution in [2.24, 2.45) is 0 Å². The Labute approximate surface area is 110 Å². The molecule has 81 valence electrons. The van der Waals surface area contributed by atoms with Crippen LogP contribution in [-0.4, -0.2) is 11.5 Å². The molecule has 0 fully saturated rings. The van der Waals surface area contributed by atoms with Crippen molar-refractivity contribution < 1.29 is 8.46 Å². The number of rotatable bonds is 6. The maximum atomic E-state index is 2.25. The Kier molecular flexibility index (Phi) is 26.5. The first-order chi connectivity index (χ1) is 5.83. The van der Waals surface area contributed by atoms with Gasteiger partial charge in [-0.15, -0.1) is 0 Å². The van der Waals surface area contributed by atoms with E-state index in [1.54, 1.807) is 8.46 Å². The van der Waals surface area contributed by atoms with E-state index in [-0.39, 0.29) is 0 Å². The molecule has 0 saturated heterocycles. The molecule has 0 aliphatic carbocycles. The summed E-state index contributed by atoms with van der Waals surface area (Å²) in [5, 5.41) is 0. The van der Waals surface area contributed by atoms with E-state index in [0.717, 1.165) is 0 Å². The average molecular weight is 464 g/mol. The van der Waals surface area contributed by atoms with E-state index in [1.807, 2.05) is 0 Å². The molecule has 0 aromatic heterocycles. The molecular weight excluding hydrogens is 446 g/mol. The van der Waals surface area contributed by atoms with Gasteiger partial charge in [0, 0.05) is 0 Å². The summed E-state index contributed by atoms with van der Waals surface area (Å²) >= 11 is 6.46. The molecule has 0 unspecified atom stereocenters. The third-order valence-corrected chi connectivity index (χ3v) is 2.44. The van der Waals surface area contributed by atoms with Crippen LogP contribution in [0.15, 0.2) is 0 Å². The first kappa shape index (κ1) is 16.7. The van der Waals surface area contributed by atoms with Crippen LogP contribution in [-0.2, 0) is 8.46 Å². The second kappa shape index (κ2) is 19.0. The van der Waals surface area contributed by atoms with Crippen molar-refractivity contribution in [1.29, 1.82) is 0 Å². The van der Waals surface area contributed by atoms with E-state index in [0.29, 0.717) is 0 Å². The van der Waals surface area contributed by atoms with Crippen LogP contribution in [0.25, 0.3) is 0 Å². The van der Waals surface area contributed by atoms with E-state index in [9.17, 15) is 0 Å². The summed E-state index contributed by atoms with van der Waals surface area (Å²) in [7, 11) is 1.75. The van der Waals surface area contributed by atoms with Crippen molar-refractivity contribution in [2.45, 2.75) is 39.5 Å². The van der Waals surface area contributed by atoms with Crippen LogP contribution in [0.3, 0.4) is 0 Å². The number of unbranched alkanes of at least 4 members (excludes halogenated alkanes) is 2. The van der Waals surface area contributed by atoms with Gasteiger partial charge in [0.05, 0.1) is 0 Å². The Morgan fingerprint density at radius 2 is 1.33 bits per heavy atom. The molecule has 0 N–H and O–H groups in total. The first-order valence-corrected chi connectivity index (χ1v) is 11.5. The van der Waals surface area contributed by atoms with Gasteiger partial charge in [-0.3, -0.25) is 0 Å². The standard InChI is InChI=1S/C8H18S.Cu.2HI/c1-3-5-7-9-8-6-4-2;;;/h3-8H2,1-2H3;;2*1H/q;+2;;/p-2. The Hall–Kier alpha value is 2.33. The molecule has 0 rings (SSSR count). The molecule has 12 heavy (non-hydrogen) atoms. The Morgan fingerprint density at radius 3 is 1.58 bits per heavy atom. The van der Waals surface area contributed by atoms with Crippen LogP contribution in [0.1, 0.15) is 39.5 Å². The van der Waals surface area contributed by atoms with Gasteiger partial charge < -0.3 is 0 Å². The third-order valence-electron chi connectivity index (χ3n) is 1.28. The van der Waals surface area contributed by atoms with Crippen LogP contribution < -0.4 is 0 Å². The molecule has 0 saturated carbocycles. The summed E-state index contributed by atoms with van der Waals surface area (Å²) in [4.78, 5) is 0. The number of hydrogen-bond donors (Lipinski definition) is 0. The monoisotopic (exact) mass is 463 g/mol. The van der Waals surface area contributed by atoms with Crippen molar-refractivity contribution in [3.63, 3.8) is 0 Å². The van der Waals surface area contributed by atoms with Gasteiger partial charge >= 0.3 is 49.1 Å². The summed E-state index contributed by atoms with van der Waals surface area (Å²) in [6, 6.07) is 0. The van der Waals surface area contributed by atoms with Gasteiger partial charge in [0.15, 0.2) is 0 Å². The van der Waals surface area contributed by atoms with Crippen LogP contribution in [0.2, 0.25) is 0 Å². The predicted molar refractivity (Wildman–Crippen MR) is 75.2 cm³/mol. The minimum absolute atomic E-state index is 1.35. The van der Waals surface area contributed by atoms with Gasteiger partial charge in [-0.25, -0.2) is 0 Å². The van der Waals surface area contributed by atoms with Crippen molar-refractivity contribution in [1.82, 2.24) is 0 Å². The maximum absolute atomic E-state index is 2.25. The fourth-order valence-electron chi connectivity index (χ4n) is 0.595. The van der Waals surface area contributed by atoms with Crippen LogP contribution in [0, 0.1) is 0 Å². The molecule has 0 aromatic carbocycles.